The second kappa shape index (κ2) is 7.19. The van der Waals surface area contributed by atoms with Gasteiger partial charge in [-0.05, 0) is 42.3 Å². The van der Waals surface area contributed by atoms with Crippen LogP contribution < -0.4 is 10.6 Å². The molecule has 3 rings (SSSR count). The Morgan fingerprint density at radius 3 is 2.35 bits per heavy atom. The molecule has 130 valence electrons. The fraction of sp³-hybridized carbons (Fsp3) is 0.143. The molecule has 26 heavy (non-hydrogen) atoms. The molecule has 0 spiro atoms. The Kier molecular flexibility index (Phi) is 4.97. The first kappa shape index (κ1) is 18.0. The summed E-state index contributed by atoms with van der Waals surface area (Å²) < 4.78 is 0.950. The second-order valence-corrected chi connectivity index (χ2v) is 7.20. The Labute approximate surface area is 162 Å². The molecule has 0 unspecified atom stereocenters. The summed E-state index contributed by atoms with van der Waals surface area (Å²) in [6.07, 6.45) is 0. The molecule has 1 heterocycles. The third-order valence-corrected chi connectivity index (χ3v) is 4.84. The highest BCUT2D eigenvalue weighted by atomic mass is 79.9. The van der Waals surface area contributed by atoms with Gasteiger partial charge in [-0.25, -0.2) is 4.98 Å². The monoisotopic (exact) mass is 406 g/mol. The van der Waals surface area contributed by atoms with Gasteiger partial charge in [0, 0.05) is 35.4 Å². The molecule has 0 bridgehead atoms. The van der Waals surface area contributed by atoms with Gasteiger partial charge in [0.15, 0.2) is 0 Å². The summed E-state index contributed by atoms with van der Waals surface area (Å²) in [6.45, 7) is 1.98. The topological polar surface area (TPSA) is 65.9 Å². The Morgan fingerprint density at radius 2 is 1.77 bits per heavy atom. The van der Waals surface area contributed by atoms with Crippen molar-refractivity contribution >= 4 is 27.4 Å². The highest BCUT2D eigenvalue weighted by Gasteiger charge is 2.18. The van der Waals surface area contributed by atoms with Crippen molar-refractivity contribution in [3.63, 3.8) is 0 Å². The van der Waals surface area contributed by atoms with Crippen LogP contribution in [-0.4, -0.2) is 19.1 Å². The van der Waals surface area contributed by atoms with E-state index in [0.29, 0.717) is 5.56 Å². The molecule has 2 aromatic carbocycles. The first-order valence-electron chi connectivity index (χ1n) is 8.16. The highest BCUT2D eigenvalue weighted by molar-refractivity contribution is 9.10. The van der Waals surface area contributed by atoms with E-state index >= 15 is 0 Å². The van der Waals surface area contributed by atoms with Gasteiger partial charge in [-0.15, -0.1) is 0 Å². The normalized spacial score (nSPS) is 10.4. The Balaban J connectivity index is 2.24. The van der Waals surface area contributed by atoms with Gasteiger partial charge in [-0.3, -0.25) is 0 Å². The van der Waals surface area contributed by atoms with Gasteiger partial charge in [0.05, 0.1) is 5.69 Å². The first-order chi connectivity index (χ1) is 12.4. The smallest absolute Gasteiger partial charge is 0.142 e. The number of pyridine rings is 1. The number of anilines is 2. The van der Waals surface area contributed by atoms with Crippen molar-refractivity contribution in [3.8, 4) is 28.5 Å². The molecule has 0 atom stereocenters. The minimum atomic E-state index is 0.250. The fourth-order valence-corrected chi connectivity index (χ4v) is 3.41. The lowest BCUT2D eigenvalue weighted by atomic mass is 9.93. The third-order valence-electron chi connectivity index (χ3n) is 4.35. The maximum Gasteiger partial charge on any atom is 0.142 e. The standard InChI is InChI=1S/C21H19BrN4/c1-13-19(15-5-4-6-16(22)11-15)18(12-23)21(24)25-20(13)14-7-9-17(10-8-14)26(2)3/h4-11H,1-3H3,(H2,24,25). The lowest BCUT2D eigenvalue weighted by molar-refractivity contribution is 1.13. The molecule has 0 saturated heterocycles. The third kappa shape index (κ3) is 3.29. The summed E-state index contributed by atoms with van der Waals surface area (Å²) in [5.41, 5.74) is 12.1. The molecule has 1 aromatic heterocycles. The number of nitrogens with two attached hydrogens (primary N) is 1. The van der Waals surface area contributed by atoms with Crippen molar-refractivity contribution in [2.24, 2.45) is 0 Å². The lowest BCUT2D eigenvalue weighted by Crippen LogP contribution is -2.08. The van der Waals surface area contributed by atoms with Gasteiger partial charge >= 0.3 is 0 Å². The minimum Gasteiger partial charge on any atom is -0.383 e. The Bertz CT molecular complexity index is 1000. The molecule has 0 radical (unpaired) electrons. The van der Waals surface area contributed by atoms with E-state index in [1.807, 2.05) is 74.4 Å². The SMILES string of the molecule is Cc1c(-c2ccc(N(C)C)cc2)nc(N)c(C#N)c1-c1cccc(Br)c1. The van der Waals surface area contributed by atoms with Crippen molar-refractivity contribution in [2.45, 2.75) is 6.92 Å². The number of hydrogen-bond acceptors (Lipinski definition) is 4. The number of nitriles is 1. The predicted molar refractivity (Wildman–Crippen MR) is 111 cm³/mol. The molecule has 0 aliphatic rings. The second-order valence-electron chi connectivity index (χ2n) is 6.28. The molecule has 5 heteroatoms. The predicted octanol–water partition coefficient (Wildman–Crippen LogP) is 5.01. The number of halogens is 1. The van der Waals surface area contributed by atoms with Crippen LogP contribution in [0.15, 0.2) is 53.0 Å². The van der Waals surface area contributed by atoms with Crippen molar-refractivity contribution < 1.29 is 0 Å². The maximum absolute atomic E-state index is 9.63. The van der Waals surface area contributed by atoms with Crippen LogP contribution in [0.4, 0.5) is 11.5 Å². The summed E-state index contributed by atoms with van der Waals surface area (Å²) in [4.78, 5) is 6.57. The van der Waals surface area contributed by atoms with Crippen molar-refractivity contribution in [1.82, 2.24) is 4.98 Å². The van der Waals surface area contributed by atoms with E-state index in [1.165, 1.54) is 0 Å². The van der Waals surface area contributed by atoms with Gasteiger partial charge < -0.3 is 10.6 Å². The average molecular weight is 407 g/mol. The zero-order chi connectivity index (χ0) is 18.8. The van der Waals surface area contributed by atoms with Crippen LogP contribution in [0.3, 0.4) is 0 Å². The number of nitrogens with zero attached hydrogens (tertiary/aromatic N) is 3. The summed E-state index contributed by atoms with van der Waals surface area (Å²) in [5.74, 6) is 0.250. The summed E-state index contributed by atoms with van der Waals surface area (Å²) in [5, 5.41) is 9.63. The largest absolute Gasteiger partial charge is 0.383 e. The van der Waals surface area contributed by atoms with E-state index in [0.717, 1.165) is 38.1 Å². The van der Waals surface area contributed by atoms with Crippen LogP contribution in [0, 0.1) is 18.3 Å². The van der Waals surface area contributed by atoms with Crippen molar-refractivity contribution in [3.05, 3.63) is 64.1 Å². The average Bonchev–Trinajstić information content (AvgIpc) is 2.63. The molecular formula is C21H19BrN4. The van der Waals surface area contributed by atoms with E-state index in [9.17, 15) is 5.26 Å². The van der Waals surface area contributed by atoms with Gasteiger partial charge in [0.25, 0.3) is 0 Å². The van der Waals surface area contributed by atoms with Crippen LogP contribution in [-0.2, 0) is 0 Å². The molecule has 0 amide bonds. The van der Waals surface area contributed by atoms with Gasteiger partial charge in [-0.2, -0.15) is 5.26 Å². The number of hydrogen-bond donors (Lipinski definition) is 1. The quantitative estimate of drug-likeness (QED) is 0.663. The van der Waals surface area contributed by atoms with Gasteiger partial charge in [0.1, 0.15) is 17.5 Å². The first-order valence-corrected chi connectivity index (χ1v) is 8.95. The zero-order valence-electron chi connectivity index (χ0n) is 14.9. The highest BCUT2D eigenvalue weighted by Crippen LogP contribution is 2.36. The molecule has 0 aliphatic heterocycles. The molecule has 3 aromatic rings. The Hall–Kier alpha value is -2.84. The summed E-state index contributed by atoms with van der Waals surface area (Å²) in [6, 6.07) is 18.2. The van der Waals surface area contributed by atoms with Crippen LogP contribution >= 0.6 is 15.9 Å². The molecule has 4 nitrogen and oxygen atoms in total. The zero-order valence-corrected chi connectivity index (χ0v) is 16.5. The fourth-order valence-electron chi connectivity index (χ4n) is 3.01. The number of nitrogen functional groups attached to an aromatic ring is 1. The number of rotatable bonds is 3. The molecule has 0 aliphatic carbocycles. The van der Waals surface area contributed by atoms with Crippen LogP contribution in [0.2, 0.25) is 0 Å². The number of aromatic nitrogens is 1. The van der Waals surface area contributed by atoms with E-state index in [1.54, 1.807) is 0 Å². The van der Waals surface area contributed by atoms with Crippen molar-refractivity contribution in [1.29, 1.82) is 5.26 Å². The van der Waals surface area contributed by atoms with Crippen LogP contribution in [0.25, 0.3) is 22.4 Å². The number of benzene rings is 2. The molecule has 0 saturated carbocycles. The molecular weight excluding hydrogens is 388 g/mol. The van der Waals surface area contributed by atoms with Gasteiger partial charge in [-0.1, -0.05) is 40.2 Å². The van der Waals surface area contributed by atoms with E-state index in [-0.39, 0.29) is 5.82 Å². The summed E-state index contributed by atoms with van der Waals surface area (Å²) in [7, 11) is 4.01. The van der Waals surface area contributed by atoms with Crippen LogP contribution in [0.5, 0.6) is 0 Å². The van der Waals surface area contributed by atoms with E-state index in [2.05, 4.69) is 27.0 Å². The van der Waals surface area contributed by atoms with Gasteiger partial charge in [0.2, 0.25) is 0 Å². The van der Waals surface area contributed by atoms with E-state index in [4.69, 9.17) is 5.73 Å². The lowest BCUT2D eigenvalue weighted by Gasteiger charge is -2.16. The minimum absolute atomic E-state index is 0.250. The van der Waals surface area contributed by atoms with E-state index < -0.39 is 0 Å². The molecule has 0 fully saturated rings. The summed E-state index contributed by atoms with van der Waals surface area (Å²) >= 11 is 3.50. The van der Waals surface area contributed by atoms with Crippen LogP contribution in [0.1, 0.15) is 11.1 Å². The molecule has 2 N–H and O–H groups in total. The van der Waals surface area contributed by atoms with Crippen molar-refractivity contribution in [2.75, 3.05) is 24.7 Å². The maximum atomic E-state index is 9.63. The Morgan fingerprint density at radius 1 is 1.08 bits per heavy atom.